The van der Waals surface area contributed by atoms with E-state index in [9.17, 15) is 9.59 Å². The lowest BCUT2D eigenvalue weighted by Crippen LogP contribution is -2.49. The van der Waals surface area contributed by atoms with Crippen LogP contribution in [0.5, 0.6) is 0 Å². The number of nitrogens with zero attached hydrogens (tertiary/aromatic N) is 1. The second-order valence-electron chi connectivity index (χ2n) is 8.01. The molecule has 148 valence electrons. The van der Waals surface area contributed by atoms with Crippen LogP contribution in [0.1, 0.15) is 36.5 Å². The summed E-state index contributed by atoms with van der Waals surface area (Å²) >= 11 is 0. The molecule has 0 aliphatic carbocycles. The average Bonchev–Trinajstić information content (AvgIpc) is 2.69. The zero-order chi connectivity index (χ0) is 20.1. The van der Waals surface area contributed by atoms with Crippen LogP contribution in [0.4, 0.5) is 10.5 Å². The Hall–Kier alpha value is -2.82. The van der Waals surface area contributed by atoms with Crippen LogP contribution in [0, 0.1) is 19.3 Å². The second-order valence-corrected chi connectivity index (χ2v) is 8.01. The summed E-state index contributed by atoms with van der Waals surface area (Å²) in [7, 11) is 0. The van der Waals surface area contributed by atoms with Crippen LogP contribution < -0.4 is 10.6 Å². The van der Waals surface area contributed by atoms with Crippen molar-refractivity contribution in [2.45, 2.75) is 40.2 Å². The molecule has 0 unspecified atom stereocenters. The Morgan fingerprint density at radius 2 is 1.46 bits per heavy atom. The Kier molecular flexibility index (Phi) is 6.02. The number of hydrogen-bond donors (Lipinski definition) is 2. The number of piperidine rings is 1. The first-order valence-corrected chi connectivity index (χ1v) is 9.82. The second kappa shape index (κ2) is 8.46. The van der Waals surface area contributed by atoms with Crippen molar-refractivity contribution in [1.29, 1.82) is 0 Å². The predicted molar refractivity (Wildman–Crippen MR) is 112 cm³/mol. The summed E-state index contributed by atoms with van der Waals surface area (Å²) in [5.74, 6) is 0.0617. The number of anilines is 1. The van der Waals surface area contributed by atoms with E-state index in [1.807, 2.05) is 69.3 Å². The third-order valence-corrected chi connectivity index (χ3v) is 5.58. The fourth-order valence-electron chi connectivity index (χ4n) is 3.37. The van der Waals surface area contributed by atoms with Crippen LogP contribution in [-0.2, 0) is 11.3 Å². The summed E-state index contributed by atoms with van der Waals surface area (Å²) in [5, 5.41) is 5.99. The third-order valence-electron chi connectivity index (χ3n) is 5.58. The van der Waals surface area contributed by atoms with Crippen LogP contribution in [0.15, 0.2) is 48.5 Å². The smallest absolute Gasteiger partial charge is 0.321 e. The van der Waals surface area contributed by atoms with Crippen LogP contribution in [-0.4, -0.2) is 29.9 Å². The number of hydrogen-bond acceptors (Lipinski definition) is 2. The predicted octanol–water partition coefficient (Wildman–Crippen LogP) is 4.25. The largest absolute Gasteiger partial charge is 0.352 e. The van der Waals surface area contributed by atoms with Crippen molar-refractivity contribution in [3.8, 4) is 0 Å². The topological polar surface area (TPSA) is 61.4 Å². The molecular weight excluding hydrogens is 350 g/mol. The van der Waals surface area contributed by atoms with Gasteiger partial charge in [0.15, 0.2) is 0 Å². The van der Waals surface area contributed by atoms with Gasteiger partial charge < -0.3 is 15.5 Å². The fraction of sp³-hybridized carbons (Fsp3) is 0.391. The highest BCUT2D eigenvalue weighted by Crippen LogP contribution is 2.31. The van der Waals surface area contributed by atoms with E-state index in [2.05, 4.69) is 10.6 Å². The highest BCUT2D eigenvalue weighted by atomic mass is 16.2. The third kappa shape index (κ3) is 4.91. The minimum absolute atomic E-state index is 0.0617. The van der Waals surface area contributed by atoms with Gasteiger partial charge in [0.05, 0.1) is 0 Å². The van der Waals surface area contributed by atoms with E-state index in [0.717, 1.165) is 16.8 Å². The van der Waals surface area contributed by atoms with Crippen LogP contribution in [0.2, 0.25) is 0 Å². The maximum absolute atomic E-state index is 12.7. The first kappa shape index (κ1) is 19.9. The zero-order valence-electron chi connectivity index (χ0n) is 16.9. The van der Waals surface area contributed by atoms with Crippen molar-refractivity contribution < 1.29 is 9.59 Å². The Labute approximate surface area is 167 Å². The van der Waals surface area contributed by atoms with Gasteiger partial charge in [0.2, 0.25) is 5.91 Å². The van der Waals surface area contributed by atoms with Crippen molar-refractivity contribution in [2.24, 2.45) is 5.41 Å². The number of carbonyl (C=O) groups excluding carboxylic acids is 2. The van der Waals surface area contributed by atoms with Crippen molar-refractivity contribution in [2.75, 3.05) is 18.4 Å². The number of rotatable bonds is 4. The van der Waals surface area contributed by atoms with Crippen LogP contribution in [0.25, 0.3) is 0 Å². The molecular formula is C23H29N3O2. The summed E-state index contributed by atoms with van der Waals surface area (Å²) in [5.41, 5.74) is 3.81. The van der Waals surface area contributed by atoms with Gasteiger partial charge in [-0.15, -0.1) is 0 Å². The molecule has 5 heteroatoms. The standard InChI is InChI=1S/C23H29N3O2/c1-17-4-8-19(9-5-17)16-24-21(27)23(3)12-14-26(15-13-23)22(28)25-20-10-6-18(2)7-11-20/h4-11H,12-16H2,1-3H3,(H,24,27)(H,25,28). The molecule has 1 aliphatic heterocycles. The molecule has 1 aliphatic rings. The quantitative estimate of drug-likeness (QED) is 0.834. The first-order valence-electron chi connectivity index (χ1n) is 9.82. The molecule has 0 bridgehead atoms. The Bertz CT molecular complexity index is 820. The molecule has 0 saturated carbocycles. The van der Waals surface area contributed by atoms with Gasteiger partial charge in [-0.2, -0.15) is 0 Å². The van der Waals surface area contributed by atoms with Gasteiger partial charge in [0, 0.05) is 30.7 Å². The molecule has 1 saturated heterocycles. The zero-order valence-corrected chi connectivity index (χ0v) is 16.9. The highest BCUT2D eigenvalue weighted by Gasteiger charge is 2.37. The number of carbonyl (C=O) groups is 2. The number of benzene rings is 2. The Balaban J connectivity index is 1.49. The number of amides is 3. The number of likely N-dealkylation sites (tertiary alicyclic amines) is 1. The maximum atomic E-state index is 12.7. The van der Waals surface area contributed by atoms with Gasteiger partial charge in [-0.3, -0.25) is 4.79 Å². The lowest BCUT2D eigenvalue weighted by Gasteiger charge is -2.38. The number of nitrogens with one attached hydrogen (secondary N) is 2. The van der Waals surface area contributed by atoms with Crippen LogP contribution in [0.3, 0.4) is 0 Å². The first-order chi connectivity index (χ1) is 13.4. The van der Waals surface area contributed by atoms with E-state index in [1.54, 1.807) is 4.90 Å². The lowest BCUT2D eigenvalue weighted by atomic mass is 9.79. The van der Waals surface area contributed by atoms with Gasteiger partial charge in [0.25, 0.3) is 0 Å². The summed E-state index contributed by atoms with van der Waals surface area (Å²) < 4.78 is 0. The monoisotopic (exact) mass is 379 g/mol. The molecule has 2 aromatic rings. The van der Waals surface area contributed by atoms with E-state index < -0.39 is 5.41 Å². The SMILES string of the molecule is Cc1ccc(CNC(=O)C2(C)CCN(C(=O)Nc3ccc(C)cc3)CC2)cc1. The minimum atomic E-state index is -0.439. The van der Waals surface area contributed by atoms with Gasteiger partial charge in [0.1, 0.15) is 0 Å². The van der Waals surface area contributed by atoms with E-state index in [4.69, 9.17) is 0 Å². The average molecular weight is 380 g/mol. The van der Waals surface area contributed by atoms with E-state index in [0.29, 0.717) is 32.5 Å². The summed E-state index contributed by atoms with van der Waals surface area (Å²) in [4.78, 5) is 27.0. The van der Waals surface area contributed by atoms with Crippen molar-refractivity contribution in [3.05, 3.63) is 65.2 Å². The van der Waals surface area contributed by atoms with Crippen molar-refractivity contribution in [3.63, 3.8) is 0 Å². The molecule has 0 radical (unpaired) electrons. The molecule has 3 amide bonds. The molecule has 5 nitrogen and oxygen atoms in total. The molecule has 2 aromatic carbocycles. The number of urea groups is 1. The van der Waals surface area contributed by atoms with Gasteiger partial charge in [-0.25, -0.2) is 4.79 Å². The maximum Gasteiger partial charge on any atom is 0.321 e. The highest BCUT2D eigenvalue weighted by molar-refractivity contribution is 5.90. The van der Waals surface area contributed by atoms with Gasteiger partial charge in [-0.1, -0.05) is 54.4 Å². The Morgan fingerprint density at radius 3 is 2.04 bits per heavy atom. The molecule has 28 heavy (non-hydrogen) atoms. The number of aryl methyl sites for hydroxylation is 2. The van der Waals surface area contributed by atoms with E-state index >= 15 is 0 Å². The summed E-state index contributed by atoms with van der Waals surface area (Å²) in [6, 6.07) is 15.8. The summed E-state index contributed by atoms with van der Waals surface area (Å²) in [6.45, 7) is 7.74. The summed E-state index contributed by atoms with van der Waals surface area (Å²) in [6.07, 6.45) is 1.32. The van der Waals surface area contributed by atoms with E-state index in [1.165, 1.54) is 5.56 Å². The Morgan fingerprint density at radius 1 is 0.929 bits per heavy atom. The molecule has 1 fully saturated rings. The van der Waals surface area contributed by atoms with Gasteiger partial charge in [-0.05, 0) is 44.4 Å². The molecule has 2 N–H and O–H groups in total. The van der Waals surface area contributed by atoms with E-state index in [-0.39, 0.29) is 11.9 Å². The van der Waals surface area contributed by atoms with Crippen LogP contribution >= 0.6 is 0 Å². The van der Waals surface area contributed by atoms with Crippen molar-refractivity contribution in [1.82, 2.24) is 10.2 Å². The molecule has 0 aromatic heterocycles. The molecule has 0 spiro atoms. The molecule has 0 atom stereocenters. The van der Waals surface area contributed by atoms with Gasteiger partial charge >= 0.3 is 6.03 Å². The minimum Gasteiger partial charge on any atom is -0.352 e. The fourth-order valence-corrected chi connectivity index (χ4v) is 3.37. The van der Waals surface area contributed by atoms with Crippen molar-refractivity contribution >= 4 is 17.6 Å². The lowest BCUT2D eigenvalue weighted by molar-refractivity contribution is -0.132. The molecule has 1 heterocycles. The normalized spacial score (nSPS) is 15.8. The molecule has 3 rings (SSSR count).